The molecule has 0 aliphatic heterocycles. The van der Waals surface area contributed by atoms with Crippen LogP contribution in [0.3, 0.4) is 0 Å². The molecule has 1 amide bonds. The van der Waals surface area contributed by atoms with Crippen molar-refractivity contribution < 1.29 is 13.2 Å². The lowest BCUT2D eigenvalue weighted by molar-refractivity contribution is -0.118. The monoisotopic (exact) mass is 424 g/mol. The van der Waals surface area contributed by atoms with Gasteiger partial charge in [-0.05, 0) is 49.2 Å². The summed E-state index contributed by atoms with van der Waals surface area (Å²) in [6.45, 7) is 5.47. The highest BCUT2D eigenvalue weighted by Gasteiger charge is 2.28. The van der Waals surface area contributed by atoms with E-state index < -0.39 is 22.0 Å². The van der Waals surface area contributed by atoms with Gasteiger partial charge in [-0.15, -0.1) is 0 Å². The zero-order valence-electron chi connectivity index (χ0n) is 14.3. The van der Waals surface area contributed by atoms with Crippen LogP contribution < -0.4 is 10.0 Å². The Bertz CT molecular complexity index is 832. The van der Waals surface area contributed by atoms with Gasteiger partial charge < -0.3 is 5.32 Å². The first kappa shape index (κ1) is 19.6. The number of halogens is 1. The highest BCUT2D eigenvalue weighted by Crippen LogP contribution is 2.17. The van der Waals surface area contributed by atoms with E-state index in [0.717, 1.165) is 10.0 Å². The van der Waals surface area contributed by atoms with Crippen LogP contribution in [0.5, 0.6) is 0 Å². The van der Waals surface area contributed by atoms with Gasteiger partial charge in [-0.3, -0.25) is 4.79 Å². The van der Waals surface area contributed by atoms with Gasteiger partial charge in [0.1, 0.15) is 6.04 Å². The van der Waals surface area contributed by atoms with E-state index >= 15 is 0 Å². The second kappa shape index (κ2) is 8.12. The smallest absolute Gasteiger partial charge is 0.242 e. The highest BCUT2D eigenvalue weighted by atomic mass is 79.9. The molecule has 5 nitrogen and oxygen atoms in total. The topological polar surface area (TPSA) is 75.3 Å². The average molecular weight is 425 g/mol. The highest BCUT2D eigenvalue weighted by molar-refractivity contribution is 9.10. The van der Waals surface area contributed by atoms with Crippen molar-refractivity contribution >= 4 is 37.5 Å². The second-order valence-corrected chi connectivity index (χ2v) is 8.78. The van der Waals surface area contributed by atoms with E-state index in [4.69, 9.17) is 0 Å². The van der Waals surface area contributed by atoms with Gasteiger partial charge in [0.05, 0.1) is 4.90 Å². The third-order valence-corrected chi connectivity index (χ3v) is 5.66. The van der Waals surface area contributed by atoms with Gasteiger partial charge in [0.25, 0.3) is 0 Å². The van der Waals surface area contributed by atoms with E-state index in [-0.39, 0.29) is 10.8 Å². The number of carbonyl (C=O) groups excluding carboxylic acids is 1. The zero-order chi connectivity index (χ0) is 18.6. The molecule has 2 aromatic rings. The van der Waals surface area contributed by atoms with Gasteiger partial charge in [0, 0.05) is 10.2 Å². The summed E-state index contributed by atoms with van der Waals surface area (Å²) >= 11 is 3.33. The molecule has 0 aliphatic rings. The summed E-state index contributed by atoms with van der Waals surface area (Å²) in [6, 6.07) is 12.7. The van der Waals surface area contributed by atoms with E-state index in [2.05, 4.69) is 26.0 Å². The summed E-state index contributed by atoms with van der Waals surface area (Å²) in [7, 11) is -3.78. The molecular weight excluding hydrogens is 404 g/mol. The Morgan fingerprint density at radius 2 is 1.56 bits per heavy atom. The third kappa shape index (κ3) is 5.39. The van der Waals surface area contributed by atoms with Gasteiger partial charge in [-0.1, -0.05) is 47.5 Å². The van der Waals surface area contributed by atoms with Crippen LogP contribution in [0.4, 0.5) is 5.69 Å². The fourth-order valence-electron chi connectivity index (χ4n) is 2.20. The van der Waals surface area contributed by atoms with Crippen molar-refractivity contribution in [1.29, 1.82) is 0 Å². The lowest BCUT2D eigenvalue weighted by Gasteiger charge is -2.21. The van der Waals surface area contributed by atoms with Crippen molar-refractivity contribution in [3.63, 3.8) is 0 Å². The largest absolute Gasteiger partial charge is 0.325 e. The molecule has 0 saturated heterocycles. The molecule has 25 heavy (non-hydrogen) atoms. The number of carbonyl (C=O) groups is 1. The predicted molar refractivity (Wildman–Crippen MR) is 103 cm³/mol. The Morgan fingerprint density at radius 3 is 2.08 bits per heavy atom. The molecule has 7 heteroatoms. The minimum atomic E-state index is -3.78. The van der Waals surface area contributed by atoms with E-state index in [1.54, 1.807) is 50.2 Å². The summed E-state index contributed by atoms with van der Waals surface area (Å²) in [5.74, 6) is -0.608. The Morgan fingerprint density at radius 1 is 1.00 bits per heavy atom. The number of hydrogen-bond donors (Lipinski definition) is 2. The number of nitrogens with one attached hydrogen (secondary N) is 2. The normalized spacial score (nSPS) is 12.8. The average Bonchev–Trinajstić information content (AvgIpc) is 2.55. The zero-order valence-corrected chi connectivity index (χ0v) is 16.7. The lowest BCUT2D eigenvalue weighted by atomic mass is 10.0. The minimum absolute atomic E-state index is 0.139. The first-order valence-electron chi connectivity index (χ1n) is 7.84. The van der Waals surface area contributed by atoms with Crippen LogP contribution in [-0.4, -0.2) is 20.4 Å². The molecule has 2 rings (SSSR count). The lowest BCUT2D eigenvalue weighted by Crippen LogP contribution is -2.47. The fourth-order valence-corrected chi connectivity index (χ4v) is 3.81. The van der Waals surface area contributed by atoms with E-state index in [1.165, 1.54) is 12.1 Å². The number of aryl methyl sites for hydroxylation is 1. The predicted octanol–water partition coefficient (Wildman–Crippen LogP) is 3.70. The van der Waals surface area contributed by atoms with Crippen molar-refractivity contribution in [1.82, 2.24) is 4.72 Å². The molecule has 2 aromatic carbocycles. The molecule has 1 unspecified atom stereocenters. The molecule has 134 valence electrons. The van der Waals surface area contributed by atoms with Crippen molar-refractivity contribution in [2.45, 2.75) is 31.7 Å². The second-order valence-electron chi connectivity index (χ2n) is 6.15. The van der Waals surface area contributed by atoms with Crippen LogP contribution in [0.1, 0.15) is 19.4 Å². The van der Waals surface area contributed by atoms with Crippen LogP contribution in [0.2, 0.25) is 0 Å². The molecule has 0 aliphatic carbocycles. The number of anilines is 1. The van der Waals surface area contributed by atoms with Crippen molar-refractivity contribution in [3.05, 3.63) is 58.6 Å². The maximum atomic E-state index is 12.6. The van der Waals surface area contributed by atoms with Crippen molar-refractivity contribution in [3.8, 4) is 0 Å². The standard InChI is InChI=1S/C18H21BrN2O3S/c1-12(2)17(18(22)20-15-8-6-14(19)7-9-15)21-25(23,24)16-10-4-13(3)5-11-16/h4-12,17,21H,1-3H3,(H,20,22). The first-order valence-corrected chi connectivity index (χ1v) is 10.1. The van der Waals surface area contributed by atoms with Gasteiger partial charge in [0.15, 0.2) is 0 Å². The Kier molecular flexibility index (Phi) is 6.37. The first-order chi connectivity index (χ1) is 11.7. The summed E-state index contributed by atoms with van der Waals surface area (Å²) in [6.07, 6.45) is 0. The van der Waals surface area contributed by atoms with Crippen LogP contribution >= 0.6 is 15.9 Å². The quantitative estimate of drug-likeness (QED) is 0.741. The van der Waals surface area contributed by atoms with E-state index in [1.807, 2.05) is 6.92 Å². The molecule has 0 heterocycles. The molecule has 1 atom stereocenters. The number of benzene rings is 2. The minimum Gasteiger partial charge on any atom is -0.325 e. The van der Waals surface area contributed by atoms with Gasteiger partial charge in [0.2, 0.25) is 15.9 Å². The van der Waals surface area contributed by atoms with Crippen LogP contribution in [0, 0.1) is 12.8 Å². The van der Waals surface area contributed by atoms with Gasteiger partial charge in [-0.25, -0.2) is 8.42 Å². The Hall–Kier alpha value is -1.70. The van der Waals surface area contributed by atoms with Gasteiger partial charge in [-0.2, -0.15) is 4.72 Å². The Labute approximate surface area is 157 Å². The maximum Gasteiger partial charge on any atom is 0.242 e. The van der Waals surface area contributed by atoms with E-state index in [0.29, 0.717) is 5.69 Å². The summed E-state index contributed by atoms with van der Waals surface area (Å²) in [5, 5.41) is 2.75. The fraction of sp³-hybridized carbons (Fsp3) is 0.278. The number of rotatable bonds is 6. The molecule has 0 spiro atoms. The number of amides is 1. The molecule has 0 bridgehead atoms. The van der Waals surface area contributed by atoms with Crippen LogP contribution in [0.25, 0.3) is 0 Å². The van der Waals surface area contributed by atoms with Crippen LogP contribution in [0.15, 0.2) is 57.9 Å². The third-order valence-electron chi connectivity index (χ3n) is 3.67. The summed E-state index contributed by atoms with van der Waals surface area (Å²) < 4.78 is 28.5. The molecule has 0 saturated carbocycles. The molecule has 0 fully saturated rings. The van der Waals surface area contributed by atoms with Gasteiger partial charge >= 0.3 is 0 Å². The molecule has 2 N–H and O–H groups in total. The van der Waals surface area contributed by atoms with E-state index in [9.17, 15) is 13.2 Å². The summed E-state index contributed by atoms with van der Waals surface area (Å²) in [5.41, 5.74) is 1.57. The molecular formula is C18H21BrN2O3S. The van der Waals surface area contributed by atoms with Crippen molar-refractivity contribution in [2.75, 3.05) is 5.32 Å². The summed E-state index contributed by atoms with van der Waals surface area (Å²) in [4.78, 5) is 12.7. The van der Waals surface area contributed by atoms with Crippen LogP contribution in [-0.2, 0) is 14.8 Å². The Balaban J connectivity index is 2.18. The number of sulfonamides is 1. The van der Waals surface area contributed by atoms with Crippen molar-refractivity contribution in [2.24, 2.45) is 5.92 Å². The molecule has 0 radical (unpaired) electrons. The molecule has 0 aromatic heterocycles. The SMILES string of the molecule is Cc1ccc(S(=O)(=O)NC(C(=O)Nc2ccc(Br)cc2)C(C)C)cc1. The maximum absolute atomic E-state index is 12.6. The number of hydrogen-bond acceptors (Lipinski definition) is 3.